The first-order chi connectivity index (χ1) is 8.09. The summed E-state index contributed by atoms with van der Waals surface area (Å²) in [5.41, 5.74) is 0. The number of halogens is 1. The van der Waals surface area contributed by atoms with Gasteiger partial charge in [-0.05, 0) is 18.2 Å². The molecule has 3 N–H and O–H groups in total. The van der Waals surface area contributed by atoms with Crippen LogP contribution in [0.5, 0.6) is 5.75 Å². The second-order valence-electron chi connectivity index (χ2n) is 3.09. The second kappa shape index (κ2) is 6.80. The highest BCUT2D eigenvalue weighted by Gasteiger charge is 2.02. The summed E-state index contributed by atoms with van der Waals surface area (Å²) < 4.78 is 13.2. The smallest absolute Gasteiger partial charge is 0.404 e. The number of phenols is 1. The van der Waals surface area contributed by atoms with Gasteiger partial charge >= 0.3 is 6.09 Å². The van der Waals surface area contributed by atoms with Crippen LogP contribution >= 0.6 is 11.8 Å². The number of thioether (sulfide) groups is 1. The van der Waals surface area contributed by atoms with Crippen LogP contribution in [0.2, 0.25) is 0 Å². The Morgan fingerprint density at radius 2 is 2.18 bits per heavy atom. The molecule has 0 saturated carbocycles. The van der Waals surface area contributed by atoms with Gasteiger partial charge in [-0.15, -0.1) is 11.8 Å². The van der Waals surface area contributed by atoms with Crippen LogP contribution in [-0.2, 0) is 0 Å². The number of phenolic OH excluding ortho intramolecular Hbond substituents is 1. The lowest BCUT2D eigenvalue weighted by atomic mass is 10.3. The predicted octanol–water partition coefficient (Wildman–Crippen LogP) is 2.61. The number of para-hydroxylation sites is 1. The van der Waals surface area contributed by atoms with Crippen LogP contribution in [0.3, 0.4) is 0 Å². The lowest BCUT2D eigenvalue weighted by molar-refractivity contribution is 0.195. The molecule has 0 fully saturated rings. The fraction of sp³-hybridized carbons (Fsp3) is 0.182. The zero-order valence-corrected chi connectivity index (χ0v) is 9.71. The summed E-state index contributed by atoms with van der Waals surface area (Å²) in [6.07, 6.45) is -0.0383. The number of aromatic hydroxyl groups is 1. The van der Waals surface area contributed by atoms with E-state index in [0.717, 1.165) is 17.8 Å². The van der Waals surface area contributed by atoms with E-state index in [2.05, 4.69) is 0 Å². The number of benzene rings is 1. The van der Waals surface area contributed by atoms with Crippen LogP contribution in [0, 0.1) is 0 Å². The molecule has 0 aromatic heterocycles. The zero-order valence-electron chi connectivity index (χ0n) is 8.89. The molecule has 0 bridgehead atoms. The average molecular weight is 257 g/mol. The first kappa shape index (κ1) is 13.4. The van der Waals surface area contributed by atoms with Gasteiger partial charge in [-0.2, -0.15) is 0 Å². The van der Waals surface area contributed by atoms with Gasteiger partial charge in [0.05, 0.1) is 0 Å². The molecule has 0 heterocycles. The molecule has 92 valence electrons. The van der Waals surface area contributed by atoms with E-state index in [1.807, 2.05) is 5.32 Å². The van der Waals surface area contributed by atoms with Crippen molar-refractivity contribution in [2.75, 3.05) is 12.3 Å². The zero-order chi connectivity index (χ0) is 12.7. The highest BCUT2D eigenvalue weighted by atomic mass is 32.2. The van der Waals surface area contributed by atoms with E-state index in [9.17, 15) is 14.3 Å². The van der Waals surface area contributed by atoms with E-state index < -0.39 is 11.9 Å². The fourth-order valence-corrected chi connectivity index (χ4v) is 1.84. The monoisotopic (exact) mass is 257 g/mol. The molecule has 0 radical (unpaired) electrons. The lowest BCUT2D eigenvalue weighted by Gasteiger charge is -2.02. The maximum Gasteiger partial charge on any atom is 0.404 e. The van der Waals surface area contributed by atoms with Gasteiger partial charge in [0.25, 0.3) is 0 Å². The van der Waals surface area contributed by atoms with Crippen molar-refractivity contribution < 1.29 is 19.4 Å². The molecule has 1 rings (SSSR count). The number of amides is 1. The SMILES string of the molecule is O=C(O)NC/C=C(\F)CSc1ccccc1O. The number of nitrogens with one attached hydrogen (secondary N) is 1. The van der Waals surface area contributed by atoms with Gasteiger partial charge in [0, 0.05) is 17.2 Å². The molecular formula is C11H12FNO3S. The van der Waals surface area contributed by atoms with E-state index in [0.29, 0.717) is 4.90 Å². The number of rotatable bonds is 5. The Kier molecular flexibility index (Phi) is 5.35. The number of carbonyl (C=O) groups is 1. The molecule has 0 aliphatic heterocycles. The quantitative estimate of drug-likeness (QED) is 0.709. The van der Waals surface area contributed by atoms with Crippen molar-refractivity contribution in [3.05, 3.63) is 36.2 Å². The Bertz CT molecular complexity index is 423. The van der Waals surface area contributed by atoms with Crippen molar-refractivity contribution in [2.45, 2.75) is 4.90 Å². The maximum atomic E-state index is 13.2. The summed E-state index contributed by atoms with van der Waals surface area (Å²) in [5, 5.41) is 19.7. The van der Waals surface area contributed by atoms with Crippen LogP contribution in [0.4, 0.5) is 9.18 Å². The molecule has 0 spiro atoms. The minimum Gasteiger partial charge on any atom is -0.507 e. The Labute approximate surface area is 102 Å². The summed E-state index contributed by atoms with van der Waals surface area (Å²) in [5.74, 6) is -0.278. The molecule has 0 aliphatic carbocycles. The first-order valence-corrected chi connectivity index (χ1v) is 5.80. The van der Waals surface area contributed by atoms with Crippen molar-refractivity contribution in [1.29, 1.82) is 0 Å². The molecule has 0 aliphatic rings. The predicted molar refractivity (Wildman–Crippen MR) is 64.0 cm³/mol. The normalized spacial score (nSPS) is 11.2. The van der Waals surface area contributed by atoms with Gasteiger partial charge in [0.1, 0.15) is 11.6 Å². The third-order valence-corrected chi connectivity index (χ3v) is 2.88. The molecular weight excluding hydrogens is 245 g/mol. The standard InChI is InChI=1S/C11H12FNO3S/c12-8(5-6-13-11(15)16)7-17-10-4-2-1-3-9(10)14/h1-5,13-14H,6-7H2,(H,15,16)/b8-5-. The minimum atomic E-state index is -1.19. The summed E-state index contributed by atoms with van der Waals surface area (Å²) in [4.78, 5) is 10.7. The van der Waals surface area contributed by atoms with Gasteiger partial charge in [-0.3, -0.25) is 0 Å². The van der Waals surface area contributed by atoms with Crippen molar-refractivity contribution in [1.82, 2.24) is 5.32 Å². The van der Waals surface area contributed by atoms with E-state index >= 15 is 0 Å². The van der Waals surface area contributed by atoms with Gasteiger partial charge in [-0.25, -0.2) is 9.18 Å². The maximum absolute atomic E-state index is 13.2. The number of hydrogen-bond acceptors (Lipinski definition) is 3. The summed E-state index contributed by atoms with van der Waals surface area (Å²) >= 11 is 1.15. The fourth-order valence-electron chi connectivity index (χ4n) is 1.03. The largest absolute Gasteiger partial charge is 0.507 e. The molecule has 4 nitrogen and oxygen atoms in total. The number of hydrogen-bond donors (Lipinski definition) is 3. The highest BCUT2D eigenvalue weighted by Crippen LogP contribution is 2.29. The van der Waals surface area contributed by atoms with E-state index in [1.54, 1.807) is 18.2 Å². The lowest BCUT2D eigenvalue weighted by Crippen LogP contribution is -2.20. The van der Waals surface area contributed by atoms with Crippen LogP contribution in [0.1, 0.15) is 0 Å². The van der Waals surface area contributed by atoms with Crippen LogP contribution in [0.15, 0.2) is 41.1 Å². The Hall–Kier alpha value is -1.69. The highest BCUT2D eigenvalue weighted by molar-refractivity contribution is 7.99. The third kappa shape index (κ3) is 5.26. The van der Waals surface area contributed by atoms with E-state index in [-0.39, 0.29) is 18.0 Å². The summed E-state index contributed by atoms with van der Waals surface area (Å²) in [7, 11) is 0. The van der Waals surface area contributed by atoms with Crippen LogP contribution in [0.25, 0.3) is 0 Å². The van der Waals surface area contributed by atoms with E-state index in [1.165, 1.54) is 6.07 Å². The minimum absolute atomic E-state index is 0.0544. The Morgan fingerprint density at radius 1 is 1.47 bits per heavy atom. The van der Waals surface area contributed by atoms with Crippen molar-refractivity contribution in [3.63, 3.8) is 0 Å². The molecule has 0 saturated heterocycles. The summed E-state index contributed by atoms with van der Waals surface area (Å²) in [6, 6.07) is 6.64. The molecule has 1 aromatic carbocycles. The molecule has 1 amide bonds. The van der Waals surface area contributed by atoms with E-state index in [4.69, 9.17) is 5.11 Å². The number of carboxylic acid groups (broad SMARTS) is 1. The van der Waals surface area contributed by atoms with Gasteiger partial charge < -0.3 is 15.5 Å². The van der Waals surface area contributed by atoms with Crippen molar-refractivity contribution >= 4 is 17.9 Å². The molecule has 6 heteroatoms. The molecule has 1 aromatic rings. The Morgan fingerprint density at radius 3 is 2.82 bits per heavy atom. The van der Waals surface area contributed by atoms with Gasteiger partial charge in [-0.1, -0.05) is 12.1 Å². The first-order valence-electron chi connectivity index (χ1n) is 4.81. The average Bonchev–Trinajstić information content (AvgIpc) is 2.27. The summed E-state index contributed by atoms with van der Waals surface area (Å²) in [6.45, 7) is -0.0670. The Balaban J connectivity index is 2.40. The van der Waals surface area contributed by atoms with Gasteiger partial charge in [0.15, 0.2) is 0 Å². The molecule has 17 heavy (non-hydrogen) atoms. The topological polar surface area (TPSA) is 69.6 Å². The van der Waals surface area contributed by atoms with Crippen molar-refractivity contribution in [2.24, 2.45) is 0 Å². The second-order valence-corrected chi connectivity index (χ2v) is 4.11. The van der Waals surface area contributed by atoms with Crippen LogP contribution < -0.4 is 5.32 Å². The van der Waals surface area contributed by atoms with Gasteiger partial charge in [0.2, 0.25) is 0 Å². The van der Waals surface area contributed by atoms with Crippen LogP contribution in [-0.4, -0.2) is 28.6 Å². The third-order valence-electron chi connectivity index (χ3n) is 1.81. The molecule has 0 atom stereocenters. The van der Waals surface area contributed by atoms with Crippen molar-refractivity contribution in [3.8, 4) is 5.75 Å². The molecule has 0 unspecified atom stereocenters.